The van der Waals surface area contributed by atoms with Gasteiger partial charge in [0, 0.05) is 28.4 Å². The summed E-state index contributed by atoms with van der Waals surface area (Å²) in [5.41, 5.74) is 9.32. The van der Waals surface area contributed by atoms with E-state index in [2.05, 4.69) is 26.9 Å². The zero-order chi connectivity index (χ0) is 23.1. The molecule has 1 aliphatic carbocycles. The van der Waals surface area contributed by atoms with E-state index in [-0.39, 0.29) is 0 Å². The van der Waals surface area contributed by atoms with E-state index in [1.54, 1.807) is 30.7 Å². The van der Waals surface area contributed by atoms with E-state index in [1.165, 1.54) is 23.1 Å². The van der Waals surface area contributed by atoms with E-state index in [0.717, 1.165) is 34.6 Å². The highest BCUT2D eigenvalue weighted by atomic mass is 32.1. The van der Waals surface area contributed by atoms with Crippen LogP contribution in [0.1, 0.15) is 43.2 Å². The number of benzene rings is 1. The average molecular weight is 456 g/mol. The van der Waals surface area contributed by atoms with Crippen molar-refractivity contribution < 1.29 is 14.3 Å². The van der Waals surface area contributed by atoms with Crippen LogP contribution in [0.4, 0.5) is 17.2 Å². The molecular formula is C23H29N5O3S. The quantitative estimate of drug-likeness (QED) is 0.268. The zero-order valence-corrected chi connectivity index (χ0v) is 19.4. The van der Waals surface area contributed by atoms with Crippen LogP contribution in [0.15, 0.2) is 18.5 Å². The van der Waals surface area contributed by atoms with E-state index in [4.69, 9.17) is 15.9 Å². The molecule has 1 aliphatic rings. The number of hydrogen-bond acceptors (Lipinski definition) is 9. The molecule has 0 saturated heterocycles. The van der Waals surface area contributed by atoms with Gasteiger partial charge in [-0.15, -0.1) is 11.3 Å². The van der Waals surface area contributed by atoms with Crippen molar-refractivity contribution in [2.24, 2.45) is 5.92 Å². The molecule has 0 bridgehead atoms. The summed E-state index contributed by atoms with van der Waals surface area (Å²) < 4.78 is 9.90. The zero-order valence-electron chi connectivity index (χ0n) is 18.6. The summed E-state index contributed by atoms with van der Waals surface area (Å²) in [7, 11) is 0. The van der Waals surface area contributed by atoms with E-state index in [9.17, 15) is 4.79 Å². The van der Waals surface area contributed by atoms with Gasteiger partial charge < -0.3 is 25.9 Å². The highest BCUT2D eigenvalue weighted by Gasteiger charge is 2.23. The molecule has 0 fully saturated rings. The lowest BCUT2D eigenvalue weighted by molar-refractivity contribution is -0.128. The molecule has 32 heavy (non-hydrogen) atoms. The summed E-state index contributed by atoms with van der Waals surface area (Å²) in [6.07, 6.45) is 6.21. The molecule has 4 rings (SSSR count). The van der Waals surface area contributed by atoms with Crippen LogP contribution < -0.4 is 15.8 Å². The van der Waals surface area contributed by atoms with Crippen LogP contribution in [0, 0.1) is 11.3 Å². The number of nitrogen functional groups attached to an aromatic ring is 1. The number of rotatable bonds is 7. The number of nitrogens with two attached hydrogens (primary N) is 1. The van der Waals surface area contributed by atoms with Crippen LogP contribution in [0.5, 0.6) is 5.75 Å². The number of carbonyl (C=O) groups excluding carboxylic acids is 1. The smallest absolute Gasteiger partial charge is 0.293 e. The number of ether oxygens (including phenoxy) is 2. The molecule has 1 unspecified atom stereocenters. The van der Waals surface area contributed by atoms with Gasteiger partial charge in [0.1, 0.15) is 22.7 Å². The first-order chi connectivity index (χ1) is 15.5. The number of carbonyl (C=O) groups is 1. The Hall–Kier alpha value is -3.20. The molecule has 2 heterocycles. The molecule has 170 valence electrons. The predicted octanol–water partition coefficient (Wildman–Crippen LogP) is 4.72. The maximum Gasteiger partial charge on any atom is 0.293 e. The number of nitrogens with zero attached hydrogens (tertiary/aromatic N) is 2. The minimum atomic E-state index is 0.431. The third-order valence-electron chi connectivity index (χ3n) is 5.22. The Morgan fingerprint density at radius 3 is 2.78 bits per heavy atom. The van der Waals surface area contributed by atoms with Gasteiger partial charge in [0.15, 0.2) is 0 Å². The second-order valence-corrected chi connectivity index (χ2v) is 8.57. The molecular weight excluding hydrogens is 426 g/mol. The Morgan fingerprint density at radius 1 is 1.31 bits per heavy atom. The Morgan fingerprint density at radius 2 is 2.12 bits per heavy atom. The van der Waals surface area contributed by atoms with Crippen molar-refractivity contribution >= 4 is 51.4 Å². The Balaban J connectivity index is 0.000000523. The molecule has 0 saturated carbocycles. The number of fused-ring (bicyclic) bond motifs is 3. The number of nitrogens with one attached hydrogen (secondary N) is 2. The maximum absolute atomic E-state index is 9.18. The van der Waals surface area contributed by atoms with Crippen LogP contribution in [-0.4, -0.2) is 35.9 Å². The third kappa shape index (κ3) is 5.16. The number of aromatic nitrogens is 2. The van der Waals surface area contributed by atoms with Gasteiger partial charge in [0.25, 0.3) is 6.47 Å². The summed E-state index contributed by atoms with van der Waals surface area (Å²) in [5.74, 6) is 2.16. The van der Waals surface area contributed by atoms with Crippen molar-refractivity contribution in [2.75, 3.05) is 24.3 Å². The molecule has 0 aliphatic heterocycles. The first kappa shape index (κ1) is 23.5. The van der Waals surface area contributed by atoms with Crippen molar-refractivity contribution in [3.05, 3.63) is 34.5 Å². The van der Waals surface area contributed by atoms with Crippen molar-refractivity contribution in [1.82, 2.24) is 9.97 Å². The first-order valence-corrected chi connectivity index (χ1v) is 11.5. The number of thiophene rings is 1. The molecule has 2 aromatic heterocycles. The topological polar surface area (TPSA) is 123 Å². The molecule has 0 spiro atoms. The van der Waals surface area contributed by atoms with Gasteiger partial charge in [0.05, 0.1) is 24.3 Å². The van der Waals surface area contributed by atoms with Crippen LogP contribution in [0.3, 0.4) is 0 Å². The predicted molar refractivity (Wildman–Crippen MR) is 129 cm³/mol. The molecule has 8 nitrogen and oxygen atoms in total. The number of anilines is 3. The SMILES string of the molecule is CCOC=O.CCOc1cc(N)c(C=N)cc1Nc1ncnc2sc3c(c12)CCC(C)C3. The summed E-state index contributed by atoms with van der Waals surface area (Å²) in [5, 5.41) is 12.1. The normalized spacial score (nSPS) is 14.7. The molecule has 1 atom stereocenters. The van der Waals surface area contributed by atoms with E-state index >= 15 is 0 Å². The van der Waals surface area contributed by atoms with Crippen LogP contribution in [0.2, 0.25) is 0 Å². The molecule has 0 radical (unpaired) electrons. The van der Waals surface area contributed by atoms with Gasteiger partial charge in [-0.05, 0) is 50.7 Å². The maximum atomic E-state index is 9.18. The minimum Gasteiger partial charge on any atom is -0.492 e. The van der Waals surface area contributed by atoms with Gasteiger partial charge in [-0.3, -0.25) is 4.79 Å². The van der Waals surface area contributed by atoms with Crippen LogP contribution >= 0.6 is 11.3 Å². The average Bonchev–Trinajstić information content (AvgIpc) is 3.15. The molecule has 0 amide bonds. The van der Waals surface area contributed by atoms with Crippen molar-refractivity contribution in [3.8, 4) is 5.75 Å². The summed E-state index contributed by atoms with van der Waals surface area (Å²) in [6.45, 7) is 7.43. The van der Waals surface area contributed by atoms with E-state index in [0.29, 0.717) is 42.6 Å². The second-order valence-electron chi connectivity index (χ2n) is 7.49. The van der Waals surface area contributed by atoms with Crippen LogP contribution in [0.25, 0.3) is 10.2 Å². The third-order valence-corrected chi connectivity index (χ3v) is 6.38. The Kier molecular flexibility index (Phi) is 7.99. The lowest BCUT2D eigenvalue weighted by Crippen LogP contribution is -2.09. The van der Waals surface area contributed by atoms with Crippen molar-refractivity contribution in [2.45, 2.75) is 40.0 Å². The summed E-state index contributed by atoms with van der Waals surface area (Å²) >= 11 is 1.77. The summed E-state index contributed by atoms with van der Waals surface area (Å²) in [6, 6.07) is 3.59. The second kappa shape index (κ2) is 10.9. The molecule has 3 aromatic rings. The highest BCUT2D eigenvalue weighted by molar-refractivity contribution is 7.19. The Labute approximate surface area is 191 Å². The number of aryl methyl sites for hydroxylation is 1. The van der Waals surface area contributed by atoms with Gasteiger partial charge in [-0.1, -0.05) is 6.92 Å². The molecule has 1 aromatic carbocycles. The fourth-order valence-corrected chi connectivity index (χ4v) is 5.03. The molecule has 9 heteroatoms. The lowest BCUT2D eigenvalue weighted by Gasteiger charge is -2.19. The fourth-order valence-electron chi connectivity index (χ4n) is 3.68. The Bertz CT molecular complexity index is 1100. The standard InChI is InChI=1S/C20H23N5OS.C3H6O2/c1-3-26-16-8-14(22)12(9-21)7-15(16)25-19-18-13-5-4-11(2)6-17(13)27-20(18)24-10-23-19;1-2-5-3-4/h7-11,21H,3-6,22H2,1-2H3,(H,23,24,25);3H,2H2,1H3. The van der Waals surface area contributed by atoms with Crippen molar-refractivity contribution in [1.29, 1.82) is 5.41 Å². The van der Waals surface area contributed by atoms with Gasteiger partial charge >= 0.3 is 0 Å². The number of hydrogen-bond donors (Lipinski definition) is 3. The van der Waals surface area contributed by atoms with Gasteiger partial charge in [-0.2, -0.15) is 0 Å². The first-order valence-electron chi connectivity index (χ1n) is 10.7. The lowest BCUT2D eigenvalue weighted by atomic mass is 9.89. The monoisotopic (exact) mass is 455 g/mol. The van der Waals surface area contributed by atoms with Gasteiger partial charge in [0.2, 0.25) is 0 Å². The van der Waals surface area contributed by atoms with Crippen molar-refractivity contribution in [3.63, 3.8) is 0 Å². The minimum absolute atomic E-state index is 0.431. The largest absolute Gasteiger partial charge is 0.492 e. The fraction of sp³-hybridized carbons (Fsp3) is 0.391. The highest BCUT2D eigenvalue weighted by Crippen LogP contribution is 2.41. The van der Waals surface area contributed by atoms with E-state index in [1.807, 2.05) is 13.0 Å². The summed E-state index contributed by atoms with van der Waals surface area (Å²) in [4.78, 5) is 20.7. The van der Waals surface area contributed by atoms with E-state index < -0.39 is 0 Å². The van der Waals surface area contributed by atoms with Crippen LogP contribution in [-0.2, 0) is 22.4 Å². The van der Waals surface area contributed by atoms with Gasteiger partial charge in [-0.25, -0.2) is 9.97 Å². The molecule has 4 N–H and O–H groups in total.